The fraction of sp³-hybridized carbons (Fsp3) is 0.118. The summed E-state index contributed by atoms with van der Waals surface area (Å²) in [6.07, 6.45) is -4.67. The Morgan fingerprint density at radius 1 is 1.07 bits per heavy atom. The molecule has 0 saturated carbocycles. The zero-order valence-electron chi connectivity index (χ0n) is 13.8. The van der Waals surface area contributed by atoms with E-state index < -0.39 is 24.7 Å². The smallest absolute Gasteiger partial charge is 0.422 e. The summed E-state index contributed by atoms with van der Waals surface area (Å²) in [6.45, 7) is -1.75. The molecule has 11 heteroatoms. The van der Waals surface area contributed by atoms with E-state index in [4.69, 9.17) is 12.2 Å². The Bertz CT molecular complexity index is 923. The van der Waals surface area contributed by atoms with Gasteiger partial charge in [-0.15, -0.1) is 0 Å². The third-order valence-electron chi connectivity index (χ3n) is 3.16. The zero-order chi connectivity index (χ0) is 20.9. The highest BCUT2D eigenvalue weighted by atomic mass is 79.9. The van der Waals surface area contributed by atoms with Crippen LogP contribution in [0.25, 0.3) is 0 Å². The Balaban J connectivity index is 2.09. The van der Waals surface area contributed by atoms with Crippen molar-refractivity contribution in [2.45, 2.75) is 6.18 Å². The van der Waals surface area contributed by atoms with Crippen molar-refractivity contribution in [1.29, 1.82) is 0 Å². The summed E-state index contributed by atoms with van der Waals surface area (Å²) < 4.78 is 42.4. The molecule has 0 aliphatic rings. The summed E-state index contributed by atoms with van der Waals surface area (Å²) in [6, 6.07) is 10.5. The highest BCUT2D eigenvalue weighted by Crippen LogP contribution is 2.26. The average Bonchev–Trinajstić information content (AvgIpc) is 2.61. The molecule has 0 unspecified atom stereocenters. The normalized spacial score (nSPS) is 10.9. The topological polar surface area (TPSA) is 67.4 Å². The monoisotopic (exact) mass is 538 g/mol. The molecule has 0 radical (unpaired) electrons. The summed E-state index contributed by atoms with van der Waals surface area (Å²) in [7, 11) is 0. The highest BCUT2D eigenvalue weighted by molar-refractivity contribution is 9.11. The molecule has 2 rings (SSSR count). The van der Waals surface area contributed by atoms with Crippen LogP contribution in [-0.2, 0) is 4.74 Å². The van der Waals surface area contributed by atoms with Gasteiger partial charge in [0.2, 0.25) is 0 Å². The van der Waals surface area contributed by atoms with Crippen molar-refractivity contribution < 1.29 is 27.5 Å². The molecule has 0 aliphatic heterocycles. The number of carbonyl (C=O) groups excluding carboxylic acids is 2. The lowest BCUT2D eigenvalue weighted by Crippen LogP contribution is -2.35. The van der Waals surface area contributed by atoms with Gasteiger partial charge >= 0.3 is 12.1 Å². The lowest BCUT2D eigenvalue weighted by Gasteiger charge is -2.13. The predicted molar refractivity (Wildman–Crippen MR) is 108 cm³/mol. The molecule has 0 aromatic heterocycles. The molecule has 1 amide bonds. The molecule has 0 spiro atoms. The van der Waals surface area contributed by atoms with Crippen LogP contribution in [-0.4, -0.2) is 29.8 Å². The molecule has 2 aromatic rings. The second-order valence-corrected chi connectivity index (χ2v) is 7.45. The summed E-state index contributed by atoms with van der Waals surface area (Å²) in [5, 5.41) is 5.11. The van der Waals surface area contributed by atoms with Crippen LogP contribution in [0.15, 0.2) is 51.4 Å². The molecule has 0 heterocycles. The molecular weight excluding hydrogens is 529 g/mol. The largest absolute Gasteiger partial charge is 0.452 e. The lowest BCUT2D eigenvalue weighted by atomic mass is 10.1. The number of amides is 1. The minimum absolute atomic E-state index is 0.0634. The number of hydrogen-bond donors (Lipinski definition) is 2. The van der Waals surface area contributed by atoms with Crippen LogP contribution in [0, 0.1) is 0 Å². The minimum atomic E-state index is -4.67. The van der Waals surface area contributed by atoms with Crippen molar-refractivity contribution in [2.75, 3.05) is 11.9 Å². The highest BCUT2D eigenvalue weighted by Gasteiger charge is 2.30. The molecule has 0 saturated heterocycles. The molecule has 2 N–H and O–H groups in total. The summed E-state index contributed by atoms with van der Waals surface area (Å²) >= 11 is 11.7. The molecule has 28 heavy (non-hydrogen) atoms. The number of carbonyl (C=O) groups is 2. The fourth-order valence-electron chi connectivity index (χ4n) is 2.00. The SMILES string of the molecule is O=C(NC(=S)Nc1ccc(Br)cc1Br)c1ccccc1C(=O)OCC(F)(F)F. The van der Waals surface area contributed by atoms with Gasteiger partial charge in [-0.2, -0.15) is 13.2 Å². The first kappa shape index (κ1) is 22.3. The molecule has 2 aromatic carbocycles. The van der Waals surface area contributed by atoms with Crippen molar-refractivity contribution in [3.05, 3.63) is 62.5 Å². The fourth-order valence-corrected chi connectivity index (χ4v) is 3.35. The van der Waals surface area contributed by atoms with Crippen LogP contribution in [0.4, 0.5) is 18.9 Å². The van der Waals surface area contributed by atoms with Gasteiger partial charge in [0.15, 0.2) is 11.7 Å². The number of ether oxygens (including phenoxy) is 1. The first-order valence-electron chi connectivity index (χ1n) is 7.47. The van der Waals surface area contributed by atoms with Crippen LogP contribution in [0.2, 0.25) is 0 Å². The zero-order valence-corrected chi connectivity index (χ0v) is 17.8. The first-order valence-corrected chi connectivity index (χ1v) is 9.46. The number of halogens is 5. The third-order valence-corrected chi connectivity index (χ3v) is 4.52. The van der Waals surface area contributed by atoms with E-state index in [1.54, 1.807) is 18.2 Å². The van der Waals surface area contributed by atoms with E-state index in [-0.39, 0.29) is 16.2 Å². The van der Waals surface area contributed by atoms with Gasteiger partial charge in [0.05, 0.1) is 16.8 Å². The molecule has 5 nitrogen and oxygen atoms in total. The summed E-state index contributed by atoms with van der Waals surface area (Å²) in [4.78, 5) is 24.3. The van der Waals surface area contributed by atoms with Crippen LogP contribution in [0.1, 0.15) is 20.7 Å². The van der Waals surface area contributed by atoms with E-state index in [1.807, 2.05) is 0 Å². The van der Waals surface area contributed by atoms with Gasteiger partial charge in [0, 0.05) is 8.95 Å². The molecule has 0 aliphatic carbocycles. The Morgan fingerprint density at radius 3 is 2.32 bits per heavy atom. The van der Waals surface area contributed by atoms with Crippen molar-refractivity contribution in [3.63, 3.8) is 0 Å². The summed E-state index contributed by atoms with van der Waals surface area (Å²) in [5.74, 6) is -2.04. The summed E-state index contributed by atoms with van der Waals surface area (Å²) in [5.41, 5.74) is 0.0944. The Labute approximate surface area is 179 Å². The van der Waals surface area contributed by atoms with Crippen LogP contribution >= 0.6 is 44.1 Å². The van der Waals surface area contributed by atoms with Crippen molar-refractivity contribution in [2.24, 2.45) is 0 Å². The van der Waals surface area contributed by atoms with E-state index >= 15 is 0 Å². The standard InChI is InChI=1S/C17H11Br2F3N2O3S/c18-9-5-6-13(12(19)7-9)23-16(28)24-14(25)10-3-1-2-4-11(10)15(26)27-8-17(20,21)22/h1-7H,8H2,(H2,23,24,25,28). The van der Waals surface area contributed by atoms with Gasteiger partial charge in [0.1, 0.15) is 0 Å². The number of thiocarbonyl (C=S) groups is 1. The number of benzene rings is 2. The average molecular weight is 540 g/mol. The molecule has 148 valence electrons. The van der Waals surface area contributed by atoms with Crippen molar-refractivity contribution in [1.82, 2.24) is 5.32 Å². The second kappa shape index (κ2) is 9.48. The van der Waals surface area contributed by atoms with Gasteiger partial charge < -0.3 is 10.1 Å². The predicted octanol–water partition coefficient (Wildman–Crippen LogP) is 5.06. The number of nitrogens with one attached hydrogen (secondary N) is 2. The second-order valence-electron chi connectivity index (χ2n) is 5.27. The van der Waals surface area contributed by atoms with Gasteiger partial charge in [-0.25, -0.2) is 4.79 Å². The van der Waals surface area contributed by atoms with Crippen LogP contribution in [0.3, 0.4) is 0 Å². The minimum Gasteiger partial charge on any atom is -0.452 e. The van der Waals surface area contributed by atoms with Gasteiger partial charge in [-0.3, -0.25) is 10.1 Å². The molecule has 0 atom stereocenters. The molecule has 0 fully saturated rings. The number of rotatable bonds is 4. The van der Waals surface area contributed by atoms with E-state index in [1.165, 1.54) is 24.3 Å². The van der Waals surface area contributed by atoms with E-state index in [0.717, 1.165) is 4.47 Å². The third kappa shape index (κ3) is 6.57. The maximum Gasteiger partial charge on any atom is 0.422 e. The van der Waals surface area contributed by atoms with Crippen LogP contribution in [0.5, 0.6) is 0 Å². The van der Waals surface area contributed by atoms with E-state index in [9.17, 15) is 22.8 Å². The molecule has 0 bridgehead atoms. The van der Waals surface area contributed by atoms with Crippen LogP contribution < -0.4 is 10.6 Å². The quantitative estimate of drug-likeness (QED) is 0.420. The van der Waals surface area contributed by atoms with E-state index in [2.05, 4.69) is 47.2 Å². The van der Waals surface area contributed by atoms with Crippen molar-refractivity contribution >= 4 is 66.8 Å². The number of hydrogen-bond acceptors (Lipinski definition) is 4. The Hall–Kier alpha value is -1.98. The van der Waals surface area contributed by atoms with Gasteiger partial charge in [-0.05, 0) is 58.5 Å². The van der Waals surface area contributed by atoms with Gasteiger partial charge in [0.25, 0.3) is 5.91 Å². The molecular formula is C17H11Br2F3N2O3S. The number of anilines is 1. The Morgan fingerprint density at radius 2 is 1.71 bits per heavy atom. The Kier molecular flexibility index (Phi) is 7.55. The van der Waals surface area contributed by atoms with Crippen molar-refractivity contribution in [3.8, 4) is 0 Å². The lowest BCUT2D eigenvalue weighted by molar-refractivity contribution is -0.161. The first-order chi connectivity index (χ1) is 13.1. The maximum atomic E-state index is 12.4. The maximum absolute atomic E-state index is 12.4. The number of esters is 1. The number of alkyl halides is 3. The van der Waals surface area contributed by atoms with Gasteiger partial charge in [-0.1, -0.05) is 28.1 Å². The van der Waals surface area contributed by atoms with E-state index in [0.29, 0.717) is 10.2 Å².